The molecule has 2 aromatic rings. The van der Waals surface area contributed by atoms with Gasteiger partial charge in [-0.2, -0.15) is 0 Å². The van der Waals surface area contributed by atoms with Gasteiger partial charge < -0.3 is 14.6 Å². The van der Waals surface area contributed by atoms with Gasteiger partial charge in [-0.15, -0.1) is 0 Å². The molecule has 0 amide bonds. The third-order valence-corrected chi connectivity index (χ3v) is 2.55. The summed E-state index contributed by atoms with van der Waals surface area (Å²) < 4.78 is 5.10. The Hall–Kier alpha value is -0.984. The van der Waals surface area contributed by atoms with Crippen LogP contribution in [0.3, 0.4) is 0 Å². The van der Waals surface area contributed by atoms with Crippen molar-refractivity contribution in [2.24, 2.45) is 0 Å². The van der Waals surface area contributed by atoms with E-state index in [1.54, 1.807) is 0 Å². The van der Waals surface area contributed by atoms with Crippen LogP contribution >= 0.6 is 0 Å². The van der Waals surface area contributed by atoms with E-state index in [2.05, 4.69) is 0 Å². The number of aromatic carboxylic acids is 1. The molecule has 0 fully saturated rings. The van der Waals surface area contributed by atoms with Crippen molar-refractivity contribution in [3.05, 3.63) is 71.3 Å². The minimum atomic E-state index is -1.32. The van der Waals surface area contributed by atoms with Crippen molar-refractivity contribution in [3.63, 3.8) is 0 Å². The zero-order chi connectivity index (χ0) is 13.7. The molecule has 0 aliphatic carbocycles. The molecule has 0 saturated heterocycles. The Morgan fingerprint density at radius 2 is 1.60 bits per heavy atom. The Labute approximate surface area is 159 Å². The summed E-state index contributed by atoms with van der Waals surface area (Å²) in [5.41, 5.74) is 1.01. The zero-order valence-electron chi connectivity index (χ0n) is 11.0. The summed E-state index contributed by atoms with van der Waals surface area (Å²) in [7, 11) is 0. The summed E-state index contributed by atoms with van der Waals surface area (Å²) in [6.07, 6.45) is 0. The summed E-state index contributed by atoms with van der Waals surface area (Å²) >= 11 is 0. The molecular formula is C15H11KO4. The summed E-state index contributed by atoms with van der Waals surface area (Å²) in [4.78, 5) is 22.4. The first-order valence-corrected chi connectivity index (χ1v) is 5.69. The number of carbonyl (C=O) groups excluding carboxylic acids is 2. The number of carboxylic acids is 1. The molecule has 0 aliphatic rings. The quantitative estimate of drug-likeness (QED) is 0.504. The number of esters is 1. The minimum Gasteiger partial charge on any atom is -0.545 e. The third-order valence-electron chi connectivity index (χ3n) is 2.55. The molecule has 0 unspecified atom stereocenters. The molecule has 0 saturated carbocycles. The molecule has 0 heterocycles. The predicted octanol–water partition coefficient (Wildman–Crippen LogP) is -1.59. The van der Waals surface area contributed by atoms with Gasteiger partial charge in [0, 0.05) is 0 Å². The Morgan fingerprint density at radius 3 is 2.25 bits per heavy atom. The average molecular weight is 294 g/mol. The fraction of sp³-hybridized carbons (Fsp3) is 0.0667. The van der Waals surface area contributed by atoms with Gasteiger partial charge in [0.05, 0.1) is 11.5 Å². The minimum absolute atomic E-state index is 0. The van der Waals surface area contributed by atoms with E-state index in [9.17, 15) is 14.7 Å². The first kappa shape index (κ1) is 17.1. The Bertz CT molecular complexity index is 596. The van der Waals surface area contributed by atoms with Crippen LogP contribution in [0.25, 0.3) is 0 Å². The van der Waals surface area contributed by atoms with E-state index in [1.165, 1.54) is 24.3 Å². The molecule has 0 aromatic heterocycles. The standard InChI is InChI=1S/C15H12O4.K/c16-14(17)12-7-4-8-13(9-12)15(18)19-10-11-5-2-1-3-6-11;/h1-9H,10H2,(H,16,17);/q;+1/p-1. The Morgan fingerprint density at radius 1 is 0.950 bits per heavy atom. The van der Waals surface area contributed by atoms with E-state index >= 15 is 0 Å². The van der Waals surface area contributed by atoms with E-state index in [0.717, 1.165) is 5.56 Å². The summed E-state index contributed by atoms with van der Waals surface area (Å²) in [6, 6.07) is 14.8. The molecule has 0 aliphatic heterocycles. The average Bonchev–Trinajstić information content (AvgIpc) is 2.46. The molecule has 4 nitrogen and oxygen atoms in total. The van der Waals surface area contributed by atoms with Crippen LogP contribution < -0.4 is 56.5 Å². The molecular weight excluding hydrogens is 283 g/mol. The van der Waals surface area contributed by atoms with Gasteiger partial charge in [-0.25, -0.2) is 4.79 Å². The van der Waals surface area contributed by atoms with Gasteiger partial charge in [-0.1, -0.05) is 42.5 Å². The van der Waals surface area contributed by atoms with E-state index in [4.69, 9.17) is 4.74 Å². The maximum Gasteiger partial charge on any atom is 1.00 e. The van der Waals surface area contributed by atoms with Gasteiger partial charge >= 0.3 is 57.4 Å². The molecule has 96 valence electrons. The van der Waals surface area contributed by atoms with Crippen LogP contribution in [-0.4, -0.2) is 11.9 Å². The maximum atomic E-state index is 11.8. The smallest absolute Gasteiger partial charge is 0.545 e. The molecule has 0 bridgehead atoms. The summed E-state index contributed by atoms with van der Waals surface area (Å²) in [5, 5.41) is 10.7. The van der Waals surface area contributed by atoms with Crippen LogP contribution in [-0.2, 0) is 11.3 Å². The number of ether oxygens (including phenoxy) is 1. The molecule has 2 rings (SSSR count). The zero-order valence-corrected chi connectivity index (χ0v) is 14.2. The van der Waals surface area contributed by atoms with Crippen molar-refractivity contribution in [1.82, 2.24) is 0 Å². The van der Waals surface area contributed by atoms with E-state index in [0.29, 0.717) is 0 Å². The number of benzene rings is 2. The van der Waals surface area contributed by atoms with Crippen LogP contribution in [0.2, 0.25) is 0 Å². The number of carboxylic acid groups (broad SMARTS) is 1. The van der Waals surface area contributed by atoms with E-state index < -0.39 is 11.9 Å². The molecule has 2 aromatic carbocycles. The summed E-state index contributed by atoms with van der Waals surface area (Å²) in [6.45, 7) is 0.148. The predicted molar refractivity (Wildman–Crippen MR) is 66.3 cm³/mol. The van der Waals surface area contributed by atoms with Crippen LogP contribution in [0.5, 0.6) is 0 Å². The molecule has 0 atom stereocenters. The Balaban J connectivity index is 0.00000200. The van der Waals surface area contributed by atoms with Crippen LogP contribution in [0.15, 0.2) is 54.6 Å². The van der Waals surface area contributed by atoms with Crippen molar-refractivity contribution in [1.29, 1.82) is 0 Å². The third kappa shape index (κ3) is 4.84. The van der Waals surface area contributed by atoms with Crippen molar-refractivity contribution in [2.45, 2.75) is 6.61 Å². The van der Waals surface area contributed by atoms with Crippen molar-refractivity contribution >= 4 is 11.9 Å². The number of carbonyl (C=O) groups is 2. The second kappa shape index (κ2) is 8.34. The largest absolute Gasteiger partial charge is 1.00 e. The monoisotopic (exact) mass is 294 g/mol. The number of hydrogen-bond acceptors (Lipinski definition) is 4. The number of hydrogen-bond donors (Lipinski definition) is 0. The Kier molecular flexibility index (Phi) is 7.11. The van der Waals surface area contributed by atoms with E-state index in [1.807, 2.05) is 30.3 Å². The van der Waals surface area contributed by atoms with Crippen molar-refractivity contribution < 1.29 is 70.8 Å². The van der Waals surface area contributed by atoms with Crippen LogP contribution in [0.1, 0.15) is 26.3 Å². The fourth-order valence-corrected chi connectivity index (χ4v) is 1.58. The van der Waals surface area contributed by atoms with E-state index in [-0.39, 0.29) is 69.1 Å². The topological polar surface area (TPSA) is 66.4 Å². The number of rotatable bonds is 4. The van der Waals surface area contributed by atoms with Crippen LogP contribution in [0.4, 0.5) is 0 Å². The SMILES string of the molecule is O=C([O-])c1cccc(C(=O)OCc2ccccc2)c1.[K+]. The second-order valence-electron chi connectivity index (χ2n) is 3.93. The molecule has 20 heavy (non-hydrogen) atoms. The molecule has 0 N–H and O–H groups in total. The van der Waals surface area contributed by atoms with Gasteiger partial charge in [-0.05, 0) is 23.3 Å². The fourth-order valence-electron chi connectivity index (χ4n) is 1.58. The van der Waals surface area contributed by atoms with Gasteiger partial charge in [0.2, 0.25) is 0 Å². The van der Waals surface area contributed by atoms with Gasteiger partial charge in [0.25, 0.3) is 0 Å². The molecule has 0 spiro atoms. The molecule has 5 heteroatoms. The first-order chi connectivity index (χ1) is 9.16. The maximum absolute atomic E-state index is 11.8. The second-order valence-corrected chi connectivity index (χ2v) is 3.93. The normalized spacial score (nSPS) is 9.40. The first-order valence-electron chi connectivity index (χ1n) is 5.69. The van der Waals surface area contributed by atoms with Crippen molar-refractivity contribution in [3.8, 4) is 0 Å². The molecule has 0 radical (unpaired) electrons. The van der Waals surface area contributed by atoms with Crippen LogP contribution in [0, 0.1) is 0 Å². The summed E-state index contributed by atoms with van der Waals surface area (Å²) in [5.74, 6) is -1.88. The van der Waals surface area contributed by atoms with Gasteiger partial charge in [0.15, 0.2) is 0 Å². The van der Waals surface area contributed by atoms with Crippen molar-refractivity contribution in [2.75, 3.05) is 0 Å². The van der Waals surface area contributed by atoms with Gasteiger partial charge in [0.1, 0.15) is 6.61 Å². The van der Waals surface area contributed by atoms with Gasteiger partial charge in [-0.3, -0.25) is 0 Å².